The van der Waals surface area contributed by atoms with Crippen LogP contribution in [-0.2, 0) is 0 Å². The lowest BCUT2D eigenvalue weighted by Crippen LogP contribution is -2.27. The summed E-state index contributed by atoms with van der Waals surface area (Å²) in [6.07, 6.45) is 0. The molecule has 0 radical (unpaired) electrons. The molecule has 0 aromatic heterocycles. The summed E-state index contributed by atoms with van der Waals surface area (Å²) in [5.41, 5.74) is 1.25. The van der Waals surface area contributed by atoms with Crippen LogP contribution in [0.15, 0.2) is 60.7 Å². The van der Waals surface area contributed by atoms with Crippen molar-refractivity contribution in [3.8, 4) is 5.75 Å². The normalized spacial score (nSPS) is 9.53. The van der Waals surface area contributed by atoms with Crippen LogP contribution in [0.25, 0.3) is 0 Å². The van der Waals surface area contributed by atoms with Crippen molar-refractivity contribution in [2.45, 2.75) is 6.92 Å². The first kappa shape index (κ1) is 15.4. The fraction of sp³-hybridized carbons (Fsp3) is 0.250. The molecule has 3 heteroatoms. The quantitative estimate of drug-likeness (QED) is 0.791. The molecule has 0 saturated heterocycles. The molecule has 0 saturated carbocycles. The zero-order valence-corrected chi connectivity index (χ0v) is 12.0. The molecule has 0 unspecified atom stereocenters. The summed E-state index contributed by atoms with van der Waals surface area (Å²) in [5, 5.41) is 0. The van der Waals surface area contributed by atoms with Gasteiger partial charge in [0.2, 0.25) is 0 Å². The van der Waals surface area contributed by atoms with Crippen LogP contribution in [0.1, 0.15) is 6.92 Å². The van der Waals surface area contributed by atoms with E-state index in [9.17, 15) is 0 Å². The molecule has 2 aromatic rings. The highest BCUT2D eigenvalue weighted by Gasteiger charge is 2.03. The first-order valence-corrected chi connectivity index (χ1v) is 6.38. The van der Waals surface area contributed by atoms with E-state index in [-0.39, 0.29) is 12.4 Å². The van der Waals surface area contributed by atoms with Gasteiger partial charge >= 0.3 is 0 Å². The monoisotopic (exact) mass is 277 g/mol. The zero-order valence-electron chi connectivity index (χ0n) is 11.2. The van der Waals surface area contributed by atoms with Crippen molar-refractivity contribution in [2.75, 3.05) is 24.6 Å². The van der Waals surface area contributed by atoms with Crippen LogP contribution in [0.2, 0.25) is 0 Å². The van der Waals surface area contributed by atoms with E-state index in [1.807, 2.05) is 36.4 Å². The minimum Gasteiger partial charge on any atom is -0.492 e. The standard InChI is InChI=1S/C16H19NO.ClH/c1-2-17(15-9-5-3-6-10-15)13-14-18-16-11-7-4-8-12-16;/h3-12H,2,13-14H2,1H3;1H. The summed E-state index contributed by atoms with van der Waals surface area (Å²) < 4.78 is 5.72. The van der Waals surface area contributed by atoms with Crippen LogP contribution < -0.4 is 9.64 Å². The summed E-state index contributed by atoms with van der Waals surface area (Å²) >= 11 is 0. The fourth-order valence-electron chi connectivity index (χ4n) is 1.90. The summed E-state index contributed by atoms with van der Waals surface area (Å²) in [5.74, 6) is 0.932. The molecule has 0 amide bonds. The largest absolute Gasteiger partial charge is 0.492 e. The highest BCUT2D eigenvalue weighted by Crippen LogP contribution is 2.13. The number of hydrogen-bond acceptors (Lipinski definition) is 2. The van der Waals surface area contributed by atoms with E-state index in [0.717, 1.165) is 18.8 Å². The summed E-state index contributed by atoms with van der Waals surface area (Å²) in [6, 6.07) is 20.4. The summed E-state index contributed by atoms with van der Waals surface area (Å²) in [6.45, 7) is 4.75. The van der Waals surface area contributed by atoms with Gasteiger partial charge in [0.05, 0.1) is 6.54 Å². The second kappa shape index (κ2) is 8.44. The second-order valence-corrected chi connectivity index (χ2v) is 4.08. The predicted molar refractivity (Wildman–Crippen MR) is 83.5 cm³/mol. The number of halogens is 1. The maximum atomic E-state index is 5.72. The SMILES string of the molecule is CCN(CCOc1ccccc1)c1ccccc1.Cl. The van der Waals surface area contributed by atoms with Crippen molar-refractivity contribution in [1.82, 2.24) is 0 Å². The van der Waals surface area contributed by atoms with Crippen LogP contribution in [0, 0.1) is 0 Å². The van der Waals surface area contributed by atoms with Crippen molar-refractivity contribution in [1.29, 1.82) is 0 Å². The number of ether oxygens (including phenoxy) is 1. The summed E-state index contributed by atoms with van der Waals surface area (Å²) in [4.78, 5) is 2.31. The number of anilines is 1. The molecule has 0 aliphatic rings. The van der Waals surface area contributed by atoms with Gasteiger partial charge < -0.3 is 9.64 Å². The maximum Gasteiger partial charge on any atom is 0.119 e. The van der Waals surface area contributed by atoms with Crippen LogP contribution in [0.4, 0.5) is 5.69 Å². The van der Waals surface area contributed by atoms with Crippen molar-refractivity contribution in [2.24, 2.45) is 0 Å². The van der Waals surface area contributed by atoms with E-state index < -0.39 is 0 Å². The first-order chi connectivity index (χ1) is 8.90. The summed E-state index contributed by atoms with van der Waals surface area (Å²) in [7, 11) is 0. The molecule has 2 aromatic carbocycles. The molecule has 0 bridgehead atoms. The lowest BCUT2D eigenvalue weighted by Gasteiger charge is -2.23. The third kappa shape index (κ3) is 4.84. The highest BCUT2D eigenvalue weighted by atomic mass is 35.5. The van der Waals surface area contributed by atoms with Gasteiger partial charge in [0.15, 0.2) is 0 Å². The van der Waals surface area contributed by atoms with Crippen LogP contribution >= 0.6 is 12.4 Å². The number of rotatable bonds is 6. The Bertz CT molecular complexity index is 447. The van der Waals surface area contributed by atoms with E-state index in [1.54, 1.807) is 0 Å². The molecule has 0 fully saturated rings. The number of para-hydroxylation sites is 2. The van der Waals surface area contributed by atoms with Crippen molar-refractivity contribution >= 4 is 18.1 Å². The van der Waals surface area contributed by atoms with Crippen LogP contribution in [0.3, 0.4) is 0 Å². The van der Waals surface area contributed by atoms with Gasteiger partial charge in [-0.15, -0.1) is 12.4 Å². The Morgan fingerprint density at radius 3 is 2.05 bits per heavy atom. The molecule has 2 nitrogen and oxygen atoms in total. The Morgan fingerprint density at radius 1 is 0.895 bits per heavy atom. The third-order valence-corrected chi connectivity index (χ3v) is 2.88. The molecule has 0 aliphatic heterocycles. The number of likely N-dealkylation sites (N-methyl/N-ethyl adjacent to an activating group) is 1. The minimum absolute atomic E-state index is 0. The number of hydrogen-bond donors (Lipinski definition) is 0. The van der Waals surface area contributed by atoms with Crippen molar-refractivity contribution in [3.63, 3.8) is 0 Å². The van der Waals surface area contributed by atoms with Gasteiger partial charge in [0.25, 0.3) is 0 Å². The molecule has 0 atom stereocenters. The molecule has 0 aliphatic carbocycles. The second-order valence-electron chi connectivity index (χ2n) is 4.08. The number of benzene rings is 2. The molecule has 102 valence electrons. The third-order valence-electron chi connectivity index (χ3n) is 2.88. The van der Waals surface area contributed by atoms with E-state index >= 15 is 0 Å². The van der Waals surface area contributed by atoms with Crippen LogP contribution in [-0.4, -0.2) is 19.7 Å². The maximum absolute atomic E-state index is 5.72. The Morgan fingerprint density at radius 2 is 1.47 bits per heavy atom. The fourth-order valence-corrected chi connectivity index (χ4v) is 1.90. The van der Waals surface area contributed by atoms with Gasteiger partial charge in [0.1, 0.15) is 12.4 Å². The smallest absolute Gasteiger partial charge is 0.119 e. The molecule has 19 heavy (non-hydrogen) atoms. The Balaban J connectivity index is 0.00000180. The van der Waals surface area contributed by atoms with Gasteiger partial charge in [-0.25, -0.2) is 0 Å². The van der Waals surface area contributed by atoms with Gasteiger partial charge in [-0.1, -0.05) is 36.4 Å². The first-order valence-electron chi connectivity index (χ1n) is 6.38. The van der Waals surface area contributed by atoms with E-state index in [4.69, 9.17) is 4.74 Å². The van der Waals surface area contributed by atoms with E-state index in [0.29, 0.717) is 6.61 Å². The van der Waals surface area contributed by atoms with Crippen molar-refractivity contribution in [3.05, 3.63) is 60.7 Å². The van der Waals surface area contributed by atoms with Gasteiger partial charge in [0, 0.05) is 12.2 Å². The Hall–Kier alpha value is -1.67. The van der Waals surface area contributed by atoms with Gasteiger partial charge in [-0.05, 0) is 31.2 Å². The lowest BCUT2D eigenvalue weighted by molar-refractivity contribution is 0.324. The highest BCUT2D eigenvalue weighted by molar-refractivity contribution is 5.85. The molecular formula is C16H20ClNO. The minimum atomic E-state index is 0. The average molecular weight is 278 g/mol. The Kier molecular flexibility index (Phi) is 6.83. The predicted octanol–water partition coefficient (Wildman–Crippen LogP) is 4.01. The molecular weight excluding hydrogens is 258 g/mol. The van der Waals surface area contributed by atoms with Crippen LogP contribution in [0.5, 0.6) is 5.75 Å². The number of nitrogens with zero attached hydrogens (tertiary/aromatic N) is 1. The molecule has 2 rings (SSSR count). The lowest BCUT2D eigenvalue weighted by atomic mass is 10.3. The average Bonchev–Trinajstić information content (AvgIpc) is 2.46. The molecule has 0 spiro atoms. The van der Waals surface area contributed by atoms with Gasteiger partial charge in [-0.2, -0.15) is 0 Å². The topological polar surface area (TPSA) is 12.5 Å². The van der Waals surface area contributed by atoms with Gasteiger partial charge in [-0.3, -0.25) is 0 Å². The zero-order chi connectivity index (χ0) is 12.6. The van der Waals surface area contributed by atoms with Crippen molar-refractivity contribution < 1.29 is 4.74 Å². The Labute approximate surface area is 121 Å². The molecule has 0 heterocycles. The van der Waals surface area contributed by atoms with E-state index in [1.165, 1.54) is 5.69 Å². The molecule has 0 N–H and O–H groups in total. The van der Waals surface area contributed by atoms with E-state index in [2.05, 4.69) is 36.1 Å².